The van der Waals surface area contributed by atoms with Gasteiger partial charge in [-0.05, 0) is 61.9 Å². The van der Waals surface area contributed by atoms with Crippen molar-refractivity contribution in [2.75, 3.05) is 6.61 Å². The van der Waals surface area contributed by atoms with Crippen molar-refractivity contribution in [2.24, 2.45) is 22.7 Å². The van der Waals surface area contributed by atoms with Crippen molar-refractivity contribution >= 4 is 5.97 Å². The van der Waals surface area contributed by atoms with Crippen LogP contribution in [0.25, 0.3) is 0 Å². The molecular weight excluding hydrogens is 288 g/mol. The zero-order chi connectivity index (χ0) is 16.8. The molecule has 0 spiro atoms. The lowest BCUT2D eigenvalue weighted by Crippen LogP contribution is -2.56. The standard InChI is InChI=1S/C20H30O3/c1-13-6-5-7-16-19(3,9-8-15-11-18(22)23-12-15)14(2)10-17(21)20(13,16)4/h6,11,14,16-17,21H,5,7-10,12H2,1-4H3/t14-,16-,17-,19+,20+/m1/s1. The van der Waals surface area contributed by atoms with E-state index in [0.717, 1.165) is 37.7 Å². The number of ether oxygens (including phenoxy) is 1. The topological polar surface area (TPSA) is 46.5 Å². The van der Waals surface area contributed by atoms with Gasteiger partial charge in [0.1, 0.15) is 6.61 Å². The largest absolute Gasteiger partial charge is 0.458 e. The second kappa shape index (κ2) is 5.77. The van der Waals surface area contributed by atoms with Gasteiger partial charge >= 0.3 is 5.97 Å². The molecule has 3 nitrogen and oxygen atoms in total. The lowest BCUT2D eigenvalue weighted by Gasteiger charge is -2.60. The number of aliphatic hydroxyl groups excluding tert-OH is 1. The first-order valence-electron chi connectivity index (χ1n) is 9.00. The fraction of sp³-hybridized carbons (Fsp3) is 0.750. The summed E-state index contributed by atoms with van der Waals surface area (Å²) in [6, 6.07) is 0. The maximum absolute atomic E-state index is 11.3. The highest BCUT2D eigenvalue weighted by atomic mass is 16.5. The molecule has 0 aromatic rings. The minimum atomic E-state index is -0.247. The van der Waals surface area contributed by atoms with Crippen molar-refractivity contribution in [3.63, 3.8) is 0 Å². The number of carbonyl (C=O) groups excluding carboxylic acids is 1. The molecule has 1 aliphatic heterocycles. The summed E-state index contributed by atoms with van der Waals surface area (Å²) in [5.74, 6) is 0.788. The molecule has 3 heteroatoms. The summed E-state index contributed by atoms with van der Waals surface area (Å²) < 4.78 is 5.05. The first kappa shape index (κ1) is 16.8. The minimum absolute atomic E-state index is 0.101. The number of hydrogen-bond acceptors (Lipinski definition) is 3. The molecule has 2 aliphatic carbocycles. The summed E-state index contributed by atoms with van der Waals surface area (Å²) in [5.41, 5.74) is 2.57. The third-order valence-corrected chi connectivity index (χ3v) is 7.38. The number of carbonyl (C=O) groups is 1. The smallest absolute Gasteiger partial charge is 0.331 e. The second-order valence-electron chi connectivity index (χ2n) is 8.37. The van der Waals surface area contributed by atoms with E-state index >= 15 is 0 Å². The number of cyclic esters (lactones) is 1. The van der Waals surface area contributed by atoms with Gasteiger partial charge in [0.15, 0.2) is 0 Å². The highest BCUT2D eigenvalue weighted by Crippen LogP contribution is 2.61. The third-order valence-electron chi connectivity index (χ3n) is 7.38. The molecule has 0 radical (unpaired) electrons. The Bertz CT molecular complexity index is 561. The lowest BCUT2D eigenvalue weighted by molar-refractivity contribution is -0.135. The molecule has 1 saturated carbocycles. The summed E-state index contributed by atoms with van der Waals surface area (Å²) in [4.78, 5) is 11.3. The van der Waals surface area contributed by atoms with E-state index in [9.17, 15) is 9.90 Å². The number of hydrogen-bond donors (Lipinski definition) is 1. The Labute approximate surface area is 139 Å². The molecule has 0 amide bonds. The van der Waals surface area contributed by atoms with E-state index in [-0.39, 0.29) is 22.9 Å². The molecule has 3 rings (SSSR count). The van der Waals surface area contributed by atoms with Crippen LogP contribution in [-0.2, 0) is 9.53 Å². The Hall–Kier alpha value is -1.09. The molecule has 0 bridgehead atoms. The van der Waals surface area contributed by atoms with Gasteiger partial charge in [-0.1, -0.05) is 32.4 Å². The summed E-state index contributed by atoms with van der Waals surface area (Å²) in [7, 11) is 0. The molecule has 1 fully saturated rings. The van der Waals surface area contributed by atoms with Gasteiger partial charge in [0.25, 0.3) is 0 Å². The van der Waals surface area contributed by atoms with Crippen LogP contribution in [0.4, 0.5) is 0 Å². The van der Waals surface area contributed by atoms with Gasteiger partial charge in [-0.15, -0.1) is 0 Å². The summed E-state index contributed by atoms with van der Waals surface area (Å²) >= 11 is 0. The lowest BCUT2D eigenvalue weighted by atomic mass is 9.46. The van der Waals surface area contributed by atoms with Crippen LogP contribution < -0.4 is 0 Å². The molecule has 0 unspecified atom stereocenters. The fourth-order valence-corrected chi connectivity index (χ4v) is 5.37. The second-order valence-corrected chi connectivity index (χ2v) is 8.37. The van der Waals surface area contributed by atoms with Gasteiger partial charge in [0.05, 0.1) is 6.10 Å². The highest BCUT2D eigenvalue weighted by Gasteiger charge is 2.57. The number of fused-ring (bicyclic) bond motifs is 1. The highest BCUT2D eigenvalue weighted by molar-refractivity contribution is 5.85. The SMILES string of the molecule is CC1=CCC[C@@H]2[C@@](C)(CCC3=CC(=O)OC3)[C@H](C)C[C@@H](O)[C@@]12C. The zero-order valence-corrected chi connectivity index (χ0v) is 14.9. The first-order valence-corrected chi connectivity index (χ1v) is 9.00. The molecular formula is C20H30O3. The Morgan fingerprint density at radius 1 is 1.39 bits per heavy atom. The normalized spacial score (nSPS) is 43.5. The predicted octanol–water partition coefficient (Wildman–Crippen LogP) is 4.02. The number of aliphatic hydroxyl groups is 1. The van der Waals surface area contributed by atoms with E-state index in [1.165, 1.54) is 5.57 Å². The quantitative estimate of drug-likeness (QED) is 0.631. The van der Waals surface area contributed by atoms with Crippen molar-refractivity contribution in [3.05, 3.63) is 23.3 Å². The molecule has 1 heterocycles. The van der Waals surface area contributed by atoms with Gasteiger partial charge in [0, 0.05) is 11.5 Å². The van der Waals surface area contributed by atoms with Crippen molar-refractivity contribution < 1.29 is 14.6 Å². The monoisotopic (exact) mass is 318 g/mol. The Morgan fingerprint density at radius 3 is 2.78 bits per heavy atom. The Balaban J connectivity index is 1.85. The van der Waals surface area contributed by atoms with Crippen LogP contribution in [0.2, 0.25) is 0 Å². The van der Waals surface area contributed by atoms with E-state index in [0.29, 0.717) is 18.4 Å². The zero-order valence-electron chi connectivity index (χ0n) is 14.9. The first-order chi connectivity index (χ1) is 10.8. The third kappa shape index (κ3) is 2.57. The fourth-order valence-electron chi connectivity index (χ4n) is 5.37. The van der Waals surface area contributed by atoms with Gasteiger partial charge in [-0.2, -0.15) is 0 Å². The van der Waals surface area contributed by atoms with Gasteiger partial charge in [-0.3, -0.25) is 0 Å². The average molecular weight is 318 g/mol. The van der Waals surface area contributed by atoms with Gasteiger partial charge in [-0.25, -0.2) is 4.79 Å². The van der Waals surface area contributed by atoms with E-state index in [1.54, 1.807) is 6.08 Å². The van der Waals surface area contributed by atoms with Crippen molar-refractivity contribution in [2.45, 2.75) is 65.9 Å². The Kier molecular flexibility index (Phi) is 4.20. The van der Waals surface area contributed by atoms with Crippen LogP contribution in [0, 0.1) is 22.7 Å². The average Bonchev–Trinajstić information content (AvgIpc) is 2.92. The van der Waals surface area contributed by atoms with Crippen LogP contribution in [0.5, 0.6) is 0 Å². The van der Waals surface area contributed by atoms with Crippen molar-refractivity contribution in [1.82, 2.24) is 0 Å². The molecule has 5 atom stereocenters. The van der Waals surface area contributed by atoms with Crippen LogP contribution in [-0.4, -0.2) is 23.8 Å². The van der Waals surface area contributed by atoms with E-state index < -0.39 is 0 Å². The number of rotatable bonds is 3. The maximum atomic E-state index is 11.3. The van der Waals surface area contributed by atoms with Crippen LogP contribution in [0.1, 0.15) is 59.8 Å². The van der Waals surface area contributed by atoms with Crippen LogP contribution >= 0.6 is 0 Å². The summed E-state index contributed by atoms with van der Waals surface area (Å²) in [6.07, 6.45) is 8.87. The molecule has 0 saturated heterocycles. The van der Waals surface area contributed by atoms with Gasteiger partial charge < -0.3 is 9.84 Å². The maximum Gasteiger partial charge on any atom is 0.331 e. The van der Waals surface area contributed by atoms with Crippen LogP contribution in [0.15, 0.2) is 23.3 Å². The molecule has 0 aromatic heterocycles. The molecule has 3 aliphatic rings. The summed E-state index contributed by atoms with van der Waals surface area (Å²) in [5, 5.41) is 10.8. The van der Waals surface area contributed by atoms with E-state index in [1.807, 2.05) is 0 Å². The van der Waals surface area contributed by atoms with Crippen molar-refractivity contribution in [1.29, 1.82) is 0 Å². The molecule has 23 heavy (non-hydrogen) atoms. The summed E-state index contributed by atoms with van der Waals surface area (Å²) in [6.45, 7) is 9.62. The number of esters is 1. The molecule has 0 aromatic carbocycles. The minimum Gasteiger partial charge on any atom is -0.458 e. The molecule has 128 valence electrons. The predicted molar refractivity (Wildman–Crippen MR) is 90.8 cm³/mol. The van der Waals surface area contributed by atoms with Crippen LogP contribution in [0.3, 0.4) is 0 Å². The number of allylic oxidation sites excluding steroid dienone is 1. The van der Waals surface area contributed by atoms with Gasteiger partial charge in [0.2, 0.25) is 0 Å². The molecule has 1 N–H and O–H groups in total. The van der Waals surface area contributed by atoms with E-state index in [4.69, 9.17) is 4.74 Å². The van der Waals surface area contributed by atoms with Crippen molar-refractivity contribution in [3.8, 4) is 0 Å². The Morgan fingerprint density at radius 2 is 2.13 bits per heavy atom. The van der Waals surface area contributed by atoms with E-state index in [2.05, 4.69) is 33.8 Å².